The number of aliphatic imine (C=N–C) groups is 1. The number of aromatic nitrogens is 3. The molecular weight excluding hydrogens is 546 g/mol. The van der Waals surface area contributed by atoms with E-state index in [4.69, 9.17) is 16.6 Å². The van der Waals surface area contributed by atoms with E-state index in [1.807, 2.05) is 0 Å². The van der Waals surface area contributed by atoms with Crippen molar-refractivity contribution in [1.82, 2.24) is 29.9 Å². The van der Waals surface area contributed by atoms with E-state index in [1.165, 1.54) is 34.6 Å². The van der Waals surface area contributed by atoms with Crippen LogP contribution in [-0.2, 0) is 0 Å². The molecule has 1 aromatic carbocycles. The van der Waals surface area contributed by atoms with Crippen molar-refractivity contribution in [2.75, 3.05) is 27.2 Å². The molecule has 0 radical (unpaired) electrons. The number of rotatable bonds is 6. The number of nitrogens with one attached hydrogen (secondary N) is 1. The molecule has 3 aromatic rings. The molecule has 1 fully saturated rings. The third kappa shape index (κ3) is 4.87. The molecule has 0 saturated carbocycles. The van der Waals surface area contributed by atoms with Crippen LogP contribution in [0, 0.1) is 5.82 Å². The average Bonchev–Trinajstić information content (AvgIpc) is 3.61. The van der Waals surface area contributed by atoms with Gasteiger partial charge in [0.15, 0.2) is 16.5 Å². The highest BCUT2D eigenvalue weighted by Crippen LogP contribution is 2.49. The van der Waals surface area contributed by atoms with Crippen molar-refractivity contribution in [3.05, 3.63) is 74.8 Å². The molecule has 0 bridgehead atoms. The van der Waals surface area contributed by atoms with Gasteiger partial charge in [-0.25, -0.2) is 23.2 Å². The lowest BCUT2D eigenvalue weighted by molar-refractivity contribution is 0.0566. The third-order valence-electron chi connectivity index (χ3n) is 6.30. The maximum absolute atomic E-state index is 16.3. The minimum Gasteiger partial charge on any atom is -0.335 e. The first-order valence-corrected chi connectivity index (χ1v) is 12.7. The number of halogens is 5. The monoisotopic (exact) mass is 567 g/mol. The Labute approximate surface area is 224 Å². The van der Waals surface area contributed by atoms with Crippen molar-refractivity contribution in [1.29, 1.82) is 0 Å². The van der Waals surface area contributed by atoms with Gasteiger partial charge in [0, 0.05) is 60.1 Å². The zero-order valence-corrected chi connectivity index (χ0v) is 21.8. The first kappa shape index (κ1) is 26.2. The zero-order chi connectivity index (χ0) is 27.2. The number of fused-ring (bicyclic) bond motifs is 1. The van der Waals surface area contributed by atoms with E-state index >= 15 is 4.39 Å². The molecule has 2 amide bonds. The van der Waals surface area contributed by atoms with Gasteiger partial charge in [0.25, 0.3) is 0 Å². The molecule has 4 heterocycles. The highest BCUT2D eigenvalue weighted by atomic mass is 35.5. The average molecular weight is 568 g/mol. The van der Waals surface area contributed by atoms with Gasteiger partial charge in [0.05, 0.1) is 19.3 Å². The predicted octanol–water partition coefficient (Wildman–Crippen LogP) is 5.13. The lowest BCUT2D eigenvalue weighted by atomic mass is 9.90. The number of carbonyl (C=O) groups is 1. The number of amides is 2. The van der Waals surface area contributed by atoms with E-state index in [0.717, 1.165) is 12.3 Å². The maximum atomic E-state index is 16.3. The second-order valence-corrected chi connectivity index (χ2v) is 10.5. The molecule has 2 aliphatic heterocycles. The van der Waals surface area contributed by atoms with Crippen molar-refractivity contribution in [2.24, 2.45) is 4.99 Å². The van der Waals surface area contributed by atoms with Crippen molar-refractivity contribution >= 4 is 40.4 Å². The van der Waals surface area contributed by atoms with Crippen LogP contribution in [0.3, 0.4) is 0 Å². The Morgan fingerprint density at radius 2 is 2.16 bits per heavy atom. The van der Waals surface area contributed by atoms with E-state index < -0.39 is 30.1 Å². The molecule has 1 N–H and O–H groups in total. The fourth-order valence-corrected chi connectivity index (χ4v) is 5.47. The lowest BCUT2D eigenvalue weighted by Gasteiger charge is -2.32. The summed E-state index contributed by atoms with van der Waals surface area (Å²) < 4.78 is 57.6. The summed E-state index contributed by atoms with van der Waals surface area (Å²) in [5, 5.41) is 8.68. The standard InChI is InChI=1S/C24H22ClF4N7OS/c1-34(2)23(37)31-11-24(29)8-17-18(13-9-32-36(10-13)22(27)28)19(15-4-3-14(26)7-16(15)25)33-20(35(17)12-24)21-30-5-6-38-21/h3-7,9-10,19,22H,8,11-12H2,1-2H3,(H,31,37)/t19-,24?/m0/s1. The van der Waals surface area contributed by atoms with E-state index in [9.17, 15) is 18.0 Å². The molecule has 1 unspecified atom stereocenters. The lowest BCUT2D eigenvalue weighted by Crippen LogP contribution is -2.45. The quantitative estimate of drug-likeness (QED) is 0.419. The van der Waals surface area contributed by atoms with Crippen LogP contribution in [0.4, 0.5) is 22.4 Å². The molecule has 38 heavy (non-hydrogen) atoms. The third-order valence-corrected chi connectivity index (χ3v) is 7.40. The van der Waals surface area contributed by atoms with E-state index in [0.29, 0.717) is 37.9 Å². The number of thiazole rings is 1. The SMILES string of the molecule is CN(C)C(=O)NCC1(F)CC2=C(c3cnn(C(F)F)c3)[C@H](c3ccc(F)cc3Cl)N=C(c3nccs3)N2C1. The number of carbonyl (C=O) groups excluding carboxylic acids is 1. The van der Waals surface area contributed by atoms with Crippen molar-refractivity contribution in [3.63, 3.8) is 0 Å². The fourth-order valence-electron chi connectivity index (χ4n) is 4.56. The van der Waals surface area contributed by atoms with Gasteiger partial charge in [0.2, 0.25) is 0 Å². The second-order valence-electron chi connectivity index (χ2n) is 9.17. The van der Waals surface area contributed by atoms with Gasteiger partial charge >= 0.3 is 12.6 Å². The second kappa shape index (κ2) is 10.0. The number of hydrogen-bond acceptors (Lipinski definition) is 6. The Morgan fingerprint density at radius 1 is 1.37 bits per heavy atom. The molecule has 1 saturated heterocycles. The topological polar surface area (TPSA) is 78.6 Å². The van der Waals surface area contributed by atoms with Crippen molar-refractivity contribution in [2.45, 2.75) is 24.7 Å². The molecule has 200 valence electrons. The van der Waals surface area contributed by atoms with E-state index in [-0.39, 0.29) is 24.5 Å². The molecule has 14 heteroatoms. The number of urea groups is 1. The molecule has 2 aromatic heterocycles. The van der Waals surface area contributed by atoms with Crippen LogP contribution in [0.15, 0.2) is 52.9 Å². The van der Waals surface area contributed by atoms with Crippen LogP contribution < -0.4 is 5.32 Å². The van der Waals surface area contributed by atoms with Crippen LogP contribution in [0.1, 0.15) is 35.1 Å². The zero-order valence-electron chi connectivity index (χ0n) is 20.2. The van der Waals surface area contributed by atoms with Gasteiger partial charge in [-0.3, -0.25) is 4.99 Å². The summed E-state index contributed by atoms with van der Waals surface area (Å²) in [5.41, 5.74) is -0.342. The highest BCUT2D eigenvalue weighted by Gasteiger charge is 2.48. The summed E-state index contributed by atoms with van der Waals surface area (Å²) in [6, 6.07) is 2.49. The Bertz CT molecular complexity index is 1420. The summed E-state index contributed by atoms with van der Waals surface area (Å²) in [5.74, 6) is -0.191. The van der Waals surface area contributed by atoms with Gasteiger partial charge in [-0.2, -0.15) is 13.9 Å². The summed E-state index contributed by atoms with van der Waals surface area (Å²) in [6.07, 6.45) is 3.85. The molecule has 2 atom stereocenters. The number of hydrogen-bond donors (Lipinski definition) is 1. The molecule has 0 spiro atoms. The number of alkyl halides is 3. The fraction of sp³-hybridized carbons (Fsp3) is 0.333. The Kier molecular flexibility index (Phi) is 6.90. The number of nitrogens with zero attached hydrogens (tertiary/aromatic N) is 6. The smallest absolute Gasteiger partial charge is 0.333 e. The summed E-state index contributed by atoms with van der Waals surface area (Å²) in [6.45, 7) is -3.34. The van der Waals surface area contributed by atoms with Crippen LogP contribution in [0.5, 0.6) is 0 Å². The first-order valence-electron chi connectivity index (χ1n) is 11.5. The Morgan fingerprint density at radius 3 is 2.79 bits per heavy atom. The minimum absolute atomic E-state index is 0.0767. The Balaban J connectivity index is 1.67. The van der Waals surface area contributed by atoms with Crippen LogP contribution in [-0.4, -0.2) is 69.3 Å². The largest absolute Gasteiger partial charge is 0.335 e. The van der Waals surface area contributed by atoms with Gasteiger partial charge in [-0.15, -0.1) is 11.3 Å². The van der Waals surface area contributed by atoms with Gasteiger partial charge in [-0.1, -0.05) is 17.7 Å². The predicted molar refractivity (Wildman–Crippen MR) is 135 cm³/mol. The summed E-state index contributed by atoms with van der Waals surface area (Å²) in [4.78, 5) is 24.3. The van der Waals surface area contributed by atoms with E-state index in [1.54, 1.807) is 30.6 Å². The maximum Gasteiger partial charge on any atom is 0.333 e. The normalized spacial score (nSPS) is 21.1. The molecular formula is C24H22ClF4N7OS. The van der Waals surface area contributed by atoms with E-state index in [2.05, 4.69) is 15.4 Å². The number of amidine groups is 1. The van der Waals surface area contributed by atoms with Crippen molar-refractivity contribution < 1.29 is 22.4 Å². The number of benzene rings is 1. The van der Waals surface area contributed by atoms with Crippen molar-refractivity contribution in [3.8, 4) is 0 Å². The van der Waals surface area contributed by atoms with Gasteiger partial charge in [-0.05, 0) is 17.7 Å². The van der Waals surface area contributed by atoms with Crippen LogP contribution in [0.25, 0.3) is 5.57 Å². The molecule has 8 nitrogen and oxygen atoms in total. The molecule has 2 aliphatic rings. The first-order chi connectivity index (χ1) is 18.1. The summed E-state index contributed by atoms with van der Waals surface area (Å²) in [7, 11) is 3.09. The molecule has 0 aliphatic carbocycles. The van der Waals surface area contributed by atoms with Crippen LogP contribution >= 0.6 is 22.9 Å². The van der Waals surface area contributed by atoms with Gasteiger partial charge < -0.3 is 15.1 Å². The minimum atomic E-state index is -2.89. The highest BCUT2D eigenvalue weighted by molar-refractivity contribution is 7.11. The van der Waals surface area contributed by atoms with Gasteiger partial charge in [0.1, 0.15) is 11.9 Å². The summed E-state index contributed by atoms with van der Waals surface area (Å²) >= 11 is 7.73. The Hall–Kier alpha value is -3.45. The molecule has 5 rings (SSSR count). The van der Waals surface area contributed by atoms with Crippen LogP contribution in [0.2, 0.25) is 5.02 Å². The number of allylic oxidation sites excluding steroid dienone is 1.